The van der Waals surface area contributed by atoms with Gasteiger partial charge in [-0.2, -0.15) is 0 Å². The highest BCUT2D eigenvalue weighted by atomic mass is 32.1. The van der Waals surface area contributed by atoms with Crippen molar-refractivity contribution in [3.63, 3.8) is 0 Å². The molecule has 0 N–H and O–H groups in total. The number of aromatic nitrogens is 1. The summed E-state index contributed by atoms with van der Waals surface area (Å²) in [5.74, 6) is -0.266. The highest BCUT2D eigenvalue weighted by Gasteiger charge is 2.41. The zero-order valence-electron chi connectivity index (χ0n) is 17.8. The number of benzene rings is 1. The fourth-order valence-corrected chi connectivity index (χ4v) is 5.53. The third-order valence-electron chi connectivity index (χ3n) is 6.43. The lowest BCUT2D eigenvalue weighted by Crippen LogP contribution is -2.45. The minimum atomic E-state index is -0.461. The van der Waals surface area contributed by atoms with E-state index >= 15 is 0 Å². The van der Waals surface area contributed by atoms with Crippen LogP contribution >= 0.6 is 11.3 Å². The van der Waals surface area contributed by atoms with Gasteiger partial charge in [-0.3, -0.25) is 4.79 Å². The van der Waals surface area contributed by atoms with Crippen LogP contribution in [0, 0.1) is 5.92 Å². The van der Waals surface area contributed by atoms with Gasteiger partial charge < -0.3 is 9.64 Å². The molecule has 29 heavy (non-hydrogen) atoms. The van der Waals surface area contributed by atoms with Gasteiger partial charge in [-0.25, -0.2) is 4.98 Å². The standard InChI is InChI=1S/C24H32N2O2S/c1-23(2,3)28-22(27)19(14-20-16-29-17-25-20)15-26-12-10-24(11-13-26)9-8-18-6-4-5-7-21(18)24/h4-7,16-17,19H,8-15H2,1-3H3. The molecule has 1 saturated heterocycles. The number of likely N-dealkylation sites (tertiary alicyclic amines) is 1. The van der Waals surface area contributed by atoms with Crippen molar-refractivity contribution in [3.8, 4) is 0 Å². The molecule has 1 aromatic heterocycles. The van der Waals surface area contributed by atoms with Gasteiger partial charge in [0.25, 0.3) is 0 Å². The SMILES string of the molecule is CC(C)(C)OC(=O)C(Cc1cscn1)CN1CCC2(CCc3ccccc32)CC1. The maximum absolute atomic E-state index is 12.9. The summed E-state index contributed by atoms with van der Waals surface area (Å²) in [6.07, 6.45) is 5.50. The van der Waals surface area contributed by atoms with Crippen LogP contribution in [0.25, 0.3) is 0 Å². The minimum Gasteiger partial charge on any atom is -0.460 e. The number of carbonyl (C=O) groups is 1. The van der Waals surface area contributed by atoms with Crippen molar-refractivity contribution in [2.45, 2.75) is 63.9 Å². The summed E-state index contributed by atoms with van der Waals surface area (Å²) in [6, 6.07) is 8.98. The van der Waals surface area contributed by atoms with Gasteiger partial charge in [0, 0.05) is 18.3 Å². The van der Waals surface area contributed by atoms with Crippen LogP contribution in [-0.2, 0) is 27.8 Å². The molecule has 0 saturated carbocycles. The van der Waals surface area contributed by atoms with Gasteiger partial charge in [0.05, 0.1) is 17.1 Å². The molecule has 0 amide bonds. The summed E-state index contributed by atoms with van der Waals surface area (Å²) in [7, 11) is 0. The van der Waals surface area contributed by atoms with Crippen molar-refractivity contribution < 1.29 is 9.53 Å². The Morgan fingerprint density at radius 2 is 2.00 bits per heavy atom. The lowest BCUT2D eigenvalue weighted by atomic mass is 9.73. The molecule has 2 aliphatic rings. The third-order valence-corrected chi connectivity index (χ3v) is 7.07. The minimum absolute atomic E-state index is 0.100. The van der Waals surface area contributed by atoms with Crippen molar-refractivity contribution in [1.29, 1.82) is 0 Å². The predicted molar refractivity (Wildman–Crippen MR) is 117 cm³/mol. The number of rotatable bonds is 5. The molecule has 4 nitrogen and oxygen atoms in total. The molecule has 2 aromatic rings. The second kappa shape index (κ2) is 8.19. The average molecular weight is 413 g/mol. The van der Waals surface area contributed by atoms with Crippen molar-refractivity contribution >= 4 is 17.3 Å². The highest BCUT2D eigenvalue weighted by Crippen LogP contribution is 2.46. The van der Waals surface area contributed by atoms with E-state index in [0.29, 0.717) is 11.8 Å². The Bertz CT molecular complexity index is 833. The summed E-state index contributed by atoms with van der Waals surface area (Å²) >= 11 is 1.58. The van der Waals surface area contributed by atoms with Gasteiger partial charge in [-0.05, 0) is 76.1 Å². The molecule has 1 aliphatic carbocycles. The molecule has 1 unspecified atom stereocenters. The van der Waals surface area contributed by atoms with Gasteiger partial charge in [0.1, 0.15) is 5.60 Å². The second-order valence-electron chi connectivity index (χ2n) is 9.65. The molecule has 0 bridgehead atoms. The van der Waals surface area contributed by atoms with Crippen LogP contribution in [0.15, 0.2) is 35.2 Å². The number of aryl methyl sites for hydroxylation is 1. The van der Waals surface area contributed by atoms with Crippen LogP contribution in [0.2, 0.25) is 0 Å². The Morgan fingerprint density at radius 3 is 2.69 bits per heavy atom. The molecular weight excluding hydrogens is 380 g/mol. The van der Waals surface area contributed by atoms with Crippen molar-refractivity contribution in [2.24, 2.45) is 5.92 Å². The summed E-state index contributed by atoms with van der Waals surface area (Å²) < 4.78 is 5.74. The van der Waals surface area contributed by atoms with Gasteiger partial charge >= 0.3 is 5.97 Å². The molecule has 2 heterocycles. The Labute approximate surface area is 178 Å². The number of carbonyl (C=O) groups excluding carboxylic acids is 1. The van der Waals surface area contributed by atoms with Crippen molar-refractivity contribution in [1.82, 2.24) is 9.88 Å². The normalized spacial score (nSPS) is 19.8. The quantitative estimate of drug-likeness (QED) is 0.672. The molecule has 1 fully saturated rings. The fourth-order valence-electron chi connectivity index (χ4n) is 4.96. The number of hydrogen-bond donors (Lipinski definition) is 0. The lowest BCUT2D eigenvalue weighted by molar-refractivity contribution is -0.160. The van der Waals surface area contributed by atoms with E-state index in [0.717, 1.165) is 25.3 Å². The van der Waals surface area contributed by atoms with Crippen molar-refractivity contribution in [2.75, 3.05) is 19.6 Å². The van der Waals surface area contributed by atoms with E-state index in [1.807, 2.05) is 31.7 Å². The van der Waals surface area contributed by atoms with Gasteiger partial charge in [-0.15, -0.1) is 11.3 Å². The average Bonchev–Trinajstić information content (AvgIpc) is 3.31. The maximum Gasteiger partial charge on any atom is 0.311 e. The van der Waals surface area contributed by atoms with Crippen LogP contribution < -0.4 is 0 Å². The maximum atomic E-state index is 12.9. The number of hydrogen-bond acceptors (Lipinski definition) is 5. The van der Waals surface area contributed by atoms with E-state index in [4.69, 9.17) is 4.74 Å². The zero-order chi connectivity index (χ0) is 20.5. The number of nitrogens with zero attached hydrogens (tertiary/aromatic N) is 2. The molecule has 156 valence electrons. The summed E-state index contributed by atoms with van der Waals surface area (Å²) in [4.78, 5) is 19.8. The Morgan fingerprint density at radius 1 is 1.24 bits per heavy atom. The number of piperidine rings is 1. The predicted octanol–water partition coefficient (Wildman–Crippen LogP) is 4.62. The first-order chi connectivity index (χ1) is 13.8. The van der Waals surface area contributed by atoms with E-state index < -0.39 is 5.60 Å². The third kappa shape index (κ3) is 4.72. The Hall–Kier alpha value is -1.72. The second-order valence-corrected chi connectivity index (χ2v) is 10.4. The van der Waals surface area contributed by atoms with Crippen molar-refractivity contribution in [3.05, 3.63) is 52.0 Å². The molecule has 1 aromatic carbocycles. The van der Waals surface area contributed by atoms with E-state index in [2.05, 4.69) is 34.1 Å². The summed E-state index contributed by atoms with van der Waals surface area (Å²) in [5, 5.41) is 2.04. The molecule has 1 atom stereocenters. The molecule has 5 heteroatoms. The molecule has 4 rings (SSSR count). The molecular formula is C24H32N2O2S. The molecule has 1 aliphatic heterocycles. The number of thiazole rings is 1. The summed E-state index contributed by atoms with van der Waals surface area (Å²) in [6.45, 7) is 8.66. The monoisotopic (exact) mass is 412 g/mol. The Balaban J connectivity index is 1.42. The van der Waals surface area contributed by atoms with Crippen LogP contribution in [0.5, 0.6) is 0 Å². The van der Waals surface area contributed by atoms with Gasteiger partial charge in [0.2, 0.25) is 0 Å². The van der Waals surface area contributed by atoms with Crippen LogP contribution in [0.1, 0.15) is 56.9 Å². The van der Waals surface area contributed by atoms with E-state index in [9.17, 15) is 4.79 Å². The smallest absolute Gasteiger partial charge is 0.311 e. The topological polar surface area (TPSA) is 42.4 Å². The Kier molecular flexibility index (Phi) is 5.80. The number of esters is 1. The molecule has 1 spiro atoms. The van der Waals surface area contributed by atoms with E-state index in [-0.39, 0.29) is 11.9 Å². The first kappa shape index (κ1) is 20.5. The van der Waals surface area contributed by atoms with Crippen LogP contribution in [-0.4, -0.2) is 41.1 Å². The van der Waals surface area contributed by atoms with E-state index in [1.165, 1.54) is 31.2 Å². The van der Waals surface area contributed by atoms with Crippen LogP contribution in [0.4, 0.5) is 0 Å². The first-order valence-corrected chi connectivity index (χ1v) is 11.7. The van der Waals surface area contributed by atoms with E-state index in [1.54, 1.807) is 16.9 Å². The molecule has 0 radical (unpaired) electrons. The largest absolute Gasteiger partial charge is 0.460 e. The lowest BCUT2D eigenvalue weighted by Gasteiger charge is -2.41. The fraction of sp³-hybridized carbons (Fsp3) is 0.583. The highest BCUT2D eigenvalue weighted by molar-refractivity contribution is 7.07. The van der Waals surface area contributed by atoms with Crippen LogP contribution in [0.3, 0.4) is 0 Å². The number of ether oxygens (including phenoxy) is 1. The van der Waals surface area contributed by atoms with Gasteiger partial charge in [0.15, 0.2) is 0 Å². The summed E-state index contributed by atoms with van der Waals surface area (Å²) in [5.41, 5.74) is 5.83. The van der Waals surface area contributed by atoms with Gasteiger partial charge in [-0.1, -0.05) is 24.3 Å². The number of fused-ring (bicyclic) bond motifs is 2. The zero-order valence-corrected chi connectivity index (χ0v) is 18.6. The first-order valence-electron chi connectivity index (χ1n) is 10.8.